The van der Waals surface area contributed by atoms with Crippen LogP contribution in [0.1, 0.15) is 30.6 Å². The van der Waals surface area contributed by atoms with Crippen LogP contribution in [0, 0.1) is 0 Å². The van der Waals surface area contributed by atoms with Crippen molar-refractivity contribution in [1.29, 1.82) is 0 Å². The molecule has 0 spiro atoms. The van der Waals surface area contributed by atoms with E-state index in [2.05, 4.69) is 27.4 Å². The molecule has 0 radical (unpaired) electrons. The van der Waals surface area contributed by atoms with E-state index in [1.54, 1.807) is 0 Å². The molecule has 0 aliphatic heterocycles. The summed E-state index contributed by atoms with van der Waals surface area (Å²) in [7, 11) is 0. The summed E-state index contributed by atoms with van der Waals surface area (Å²) in [5.41, 5.74) is 0.951. The van der Waals surface area contributed by atoms with E-state index in [-0.39, 0.29) is 13.2 Å². The molecule has 0 saturated heterocycles. The van der Waals surface area contributed by atoms with Gasteiger partial charge in [-0.15, -0.1) is 0 Å². The molecule has 2 rings (SSSR count). The van der Waals surface area contributed by atoms with Gasteiger partial charge in [0.25, 0.3) is 0 Å². The van der Waals surface area contributed by atoms with Crippen molar-refractivity contribution in [2.75, 3.05) is 0 Å². The molecule has 1 aromatic carbocycles. The van der Waals surface area contributed by atoms with Gasteiger partial charge < -0.3 is 10.1 Å². The minimum atomic E-state index is -0.470. The number of aromatic nitrogens is 3. The number of hydrogen-bond acceptors (Lipinski definition) is 4. The van der Waals surface area contributed by atoms with Gasteiger partial charge in [-0.3, -0.25) is 5.10 Å². The topological polar surface area (TPSA) is 79.9 Å². The van der Waals surface area contributed by atoms with Gasteiger partial charge in [0, 0.05) is 6.42 Å². The lowest BCUT2D eigenvalue weighted by Crippen LogP contribution is -2.24. The summed E-state index contributed by atoms with van der Waals surface area (Å²) in [5, 5.41) is 9.47. The van der Waals surface area contributed by atoms with E-state index in [0.29, 0.717) is 5.82 Å². The number of aromatic amines is 1. The third kappa shape index (κ3) is 4.38. The molecule has 106 valence electrons. The number of alkyl carbamates (subject to hydrolysis) is 1. The lowest BCUT2D eigenvalue weighted by Gasteiger charge is -2.05. The quantitative estimate of drug-likeness (QED) is 0.846. The highest BCUT2D eigenvalue weighted by atomic mass is 16.5. The molecule has 0 aliphatic carbocycles. The Morgan fingerprint density at radius 3 is 2.90 bits per heavy atom. The molecule has 0 atom stereocenters. The van der Waals surface area contributed by atoms with E-state index in [0.717, 1.165) is 24.2 Å². The van der Waals surface area contributed by atoms with Crippen molar-refractivity contribution < 1.29 is 9.53 Å². The number of H-pyrrole nitrogens is 1. The highest BCUT2D eigenvalue weighted by Crippen LogP contribution is 2.01. The molecule has 2 aromatic rings. The Morgan fingerprint density at radius 1 is 1.35 bits per heavy atom. The molecule has 0 fully saturated rings. The van der Waals surface area contributed by atoms with Gasteiger partial charge in [0.05, 0.1) is 6.54 Å². The van der Waals surface area contributed by atoms with E-state index in [9.17, 15) is 4.79 Å². The van der Waals surface area contributed by atoms with Crippen molar-refractivity contribution in [2.45, 2.75) is 32.9 Å². The summed E-state index contributed by atoms with van der Waals surface area (Å²) < 4.78 is 5.09. The Labute approximate surface area is 117 Å². The minimum Gasteiger partial charge on any atom is -0.445 e. The van der Waals surface area contributed by atoms with Crippen LogP contribution in [0.15, 0.2) is 30.3 Å². The average Bonchev–Trinajstić information content (AvgIpc) is 2.92. The summed E-state index contributed by atoms with van der Waals surface area (Å²) >= 11 is 0. The Balaban J connectivity index is 1.71. The predicted molar refractivity (Wildman–Crippen MR) is 73.8 cm³/mol. The fourth-order valence-electron chi connectivity index (χ4n) is 1.68. The molecule has 1 amide bonds. The number of carbonyl (C=O) groups excluding carboxylic acids is 1. The molecule has 1 aromatic heterocycles. The number of ether oxygens (including phenoxy) is 1. The van der Waals surface area contributed by atoms with Gasteiger partial charge in [-0.05, 0) is 12.0 Å². The van der Waals surface area contributed by atoms with Crippen LogP contribution in [-0.2, 0) is 24.3 Å². The highest BCUT2D eigenvalue weighted by molar-refractivity contribution is 5.67. The molecule has 0 aliphatic rings. The molecule has 2 N–H and O–H groups in total. The third-order valence-electron chi connectivity index (χ3n) is 2.66. The van der Waals surface area contributed by atoms with E-state index >= 15 is 0 Å². The van der Waals surface area contributed by atoms with Crippen LogP contribution in [0.5, 0.6) is 0 Å². The smallest absolute Gasteiger partial charge is 0.407 e. The van der Waals surface area contributed by atoms with Crippen LogP contribution in [0.4, 0.5) is 4.79 Å². The first-order valence-corrected chi connectivity index (χ1v) is 6.62. The largest absolute Gasteiger partial charge is 0.445 e. The molecule has 6 heteroatoms. The van der Waals surface area contributed by atoms with Gasteiger partial charge in [0.15, 0.2) is 5.82 Å². The van der Waals surface area contributed by atoms with E-state index < -0.39 is 6.09 Å². The van der Waals surface area contributed by atoms with Crippen molar-refractivity contribution in [3.63, 3.8) is 0 Å². The van der Waals surface area contributed by atoms with Crippen LogP contribution in [0.25, 0.3) is 0 Å². The van der Waals surface area contributed by atoms with Crippen LogP contribution in [0.3, 0.4) is 0 Å². The second kappa shape index (κ2) is 7.28. The predicted octanol–water partition coefficient (Wildman–Crippen LogP) is 2.18. The zero-order valence-electron chi connectivity index (χ0n) is 11.4. The first-order chi connectivity index (χ1) is 9.78. The first-order valence-electron chi connectivity index (χ1n) is 6.62. The molecule has 0 bridgehead atoms. The van der Waals surface area contributed by atoms with Gasteiger partial charge in [-0.25, -0.2) is 9.78 Å². The second-order valence-electron chi connectivity index (χ2n) is 4.36. The Kier molecular flexibility index (Phi) is 5.11. The number of rotatable bonds is 6. The molecule has 20 heavy (non-hydrogen) atoms. The maximum absolute atomic E-state index is 11.5. The number of amides is 1. The van der Waals surface area contributed by atoms with E-state index in [1.807, 2.05) is 30.3 Å². The third-order valence-corrected chi connectivity index (χ3v) is 2.66. The Bertz CT molecular complexity index is 539. The summed E-state index contributed by atoms with van der Waals surface area (Å²) in [4.78, 5) is 15.8. The summed E-state index contributed by atoms with van der Waals surface area (Å²) in [5.74, 6) is 1.40. The molecular weight excluding hydrogens is 256 g/mol. The van der Waals surface area contributed by atoms with Gasteiger partial charge in [0.1, 0.15) is 12.4 Å². The lowest BCUT2D eigenvalue weighted by atomic mass is 10.2. The zero-order chi connectivity index (χ0) is 14.2. The Hall–Kier alpha value is -2.37. The number of nitrogens with zero attached hydrogens (tertiary/aromatic N) is 2. The van der Waals surface area contributed by atoms with Crippen molar-refractivity contribution in [3.05, 3.63) is 47.5 Å². The van der Waals surface area contributed by atoms with Crippen molar-refractivity contribution >= 4 is 6.09 Å². The van der Waals surface area contributed by atoms with Crippen LogP contribution < -0.4 is 5.32 Å². The van der Waals surface area contributed by atoms with Crippen LogP contribution >= 0.6 is 0 Å². The average molecular weight is 274 g/mol. The first kappa shape index (κ1) is 14.0. The summed E-state index contributed by atoms with van der Waals surface area (Å²) in [6, 6.07) is 9.53. The summed E-state index contributed by atoms with van der Waals surface area (Å²) in [6.45, 7) is 2.60. The molecular formula is C14H18N4O2. The van der Waals surface area contributed by atoms with Crippen molar-refractivity contribution in [2.24, 2.45) is 0 Å². The van der Waals surface area contributed by atoms with Gasteiger partial charge >= 0.3 is 6.09 Å². The maximum Gasteiger partial charge on any atom is 0.407 e. The molecule has 0 unspecified atom stereocenters. The molecule has 1 heterocycles. The van der Waals surface area contributed by atoms with Crippen LogP contribution in [-0.4, -0.2) is 21.3 Å². The number of hydrogen-bond donors (Lipinski definition) is 2. The maximum atomic E-state index is 11.5. The normalized spacial score (nSPS) is 10.2. The number of benzene rings is 1. The van der Waals surface area contributed by atoms with Gasteiger partial charge in [-0.1, -0.05) is 37.3 Å². The Morgan fingerprint density at radius 2 is 2.15 bits per heavy atom. The van der Waals surface area contributed by atoms with Crippen molar-refractivity contribution in [1.82, 2.24) is 20.5 Å². The lowest BCUT2D eigenvalue weighted by molar-refractivity contribution is 0.139. The standard InChI is InChI=1S/C14H18N4O2/c1-2-6-12-16-13(18-17-12)9-15-14(19)20-10-11-7-4-3-5-8-11/h3-5,7-8H,2,6,9-10H2,1H3,(H,15,19)(H,16,17,18). The zero-order valence-corrected chi connectivity index (χ0v) is 11.4. The monoisotopic (exact) mass is 274 g/mol. The van der Waals surface area contributed by atoms with Crippen LogP contribution in [0.2, 0.25) is 0 Å². The van der Waals surface area contributed by atoms with Crippen molar-refractivity contribution in [3.8, 4) is 0 Å². The van der Waals surface area contributed by atoms with Gasteiger partial charge in [0.2, 0.25) is 0 Å². The fraction of sp³-hybridized carbons (Fsp3) is 0.357. The fourth-order valence-corrected chi connectivity index (χ4v) is 1.68. The van der Waals surface area contributed by atoms with Gasteiger partial charge in [-0.2, -0.15) is 5.10 Å². The number of aryl methyl sites for hydroxylation is 1. The molecule has 0 saturated carbocycles. The SMILES string of the molecule is CCCc1n[nH]c(CNC(=O)OCc2ccccc2)n1. The van der Waals surface area contributed by atoms with E-state index in [1.165, 1.54) is 0 Å². The number of carbonyl (C=O) groups is 1. The molecule has 6 nitrogen and oxygen atoms in total. The highest BCUT2D eigenvalue weighted by Gasteiger charge is 2.06. The minimum absolute atomic E-state index is 0.254. The summed E-state index contributed by atoms with van der Waals surface area (Å²) in [6.07, 6.45) is 1.35. The second-order valence-corrected chi connectivity index (χ2v) is 4.36. The van der Waals surface area contributed by atoms with E-state index in [4.69, 9.17) is 4.74 Å². The number of nitrogens with one attached hydrogen (secondary N) is 2.